The molecule has 2 heterocycles. The molecule has 5 rings (SSSR count). The summed E-state index contributed by atoms with van der Waals surface area (Å²) < 4.78 is 78.5. The Morgan fingerprint density at radius 1 is 1.13 bits per heavy atom. The molecule has 0 bridgehead atoms. The van der Waals surface area contributed by atoms with E-state index in [0.717, 1.165) is 0 Å². The van der Waals surface area contributed by atoms with Gasteiger partial charge in [-0.05, 0) is 67.3 Å². The Morgan fingerprint density at radius 2 is 1.87 bits per heavy atom. The lowest BCUT2D eigenvalue weighted by molar-refractivity contribution is -0.151. The Hall–Kier alpha value is -3.29. The molecule has 1 unspecified atom stereocenters. The van der Waals surface area contributed by atoms with Crippen molar-refractivity contribution in [3.05, 3.63) is 70.7 Å². The second kappa shape index (κ2) is 9.42. The zero-order valence-electron chi connectivity index (χ0n) is 20.5. The number of nitrogens with two attached hydrogens (primary N) is 1. The molecule has 39 heavy (non-hydrogen) atoms. The van der Waals surface area contributed by atoms with Gasteiger partial charge in [0.15, 0.2) is 5.82 Å². The fourth-order valence-electron chi connectivity index (χ4n) is 4.27. The number of nitrogens with one attached hydrogen (secondary N) is 2. The van der Waals surface area contributed by atoms with Crippen LogP contribution in [0.4, 0.5) is 29.3 Å². The number of sulfonamides is 1. The molecule has 0 amide bonds. The van der Waals surface area contributed by atoms with E-state index in [2.05, 4.69) is 25.6 Å². The van der Waals surface area contributed by atoms with Gasteiger partial charge >= 0.3 is 6.18 Å². The van der Waals surface area contributed by atoms with Crippen LogP contribution in [0.2, 0.25) is 5.02 Å². The smallest absolute Gasteiger partial charge is 0.354 e. The summed E-state index contributed by atoms with van der Waals surface area (Å²) in [5.41, 5.74) is -1.52. The molecule has 0 saturated heterocycles. The topological polar surface area (TPSA) is 123 Å². The van der Waals surface area contributed by atoms with Crippen molar-refractivity contribution in [2.24, 2.45) is 5.14 Å². The molecule has 1 atom stereocenters. The minimum absolute atomic E-state index is 0.0246. The Balaban J connectivity index is 1.53. The summed E-state index contributed by atoms with van der Waals surface area (Å²) >= 11 is 6.20. The Labute approximate surface area is 226 Å². The first kappa shape index (κ1) is 27.3. The van der Waals surface area contributed by atoms with Crippen molar-refractivity contribution >= 4 is 44.4 Å². The van der Waals surface area contributed by atoms with E-state index in [1.54, 1.807) is 18.2 Å². The molecular weight excluding hydrogens is 560 g/mol. The maximum atomic E-state index is 13.8. The van der Waals surface area contributed by atoms with E-state index < -0.39 is 27.2 Å². The molecule has 0 aliphatic heterocycles. The predicted molar refractivity (Wildman–Crippen MR) is 139 cm³/mol. The molecule has 8 nitrogen and oxygen atoms in total. The van der Waals surface area contributed by atoms with Crippen molar-refractivity contribution in [1.82, 2.24) is 15.0 Å². The van der Waals surface area contributed by atoms with Crippen molar-refractivity contribution in [1.29, 1.82) is 0 Å². The summed E-state index contributed by atoms with van der Waals surface area (Å²) in [5.74, 6) is -0.512. The van der Waals surface area contributed by atoms with Crippen LogP contribution in [-0.4, -0.2) is 35.1 Å². The van der Waals surface area contributed by atoms with E-state index in [-0.39, 0.29) is 57.9 Å². The fourth-order valence-corrected chi connectivity index (χ4v) is 5.02. The molecule has 1 saturated carbocycles. The van der Waals surface area contributed by atoms with E-state index in [1.165, 1.54) is 30.4 Å². The van der Waals surface area contributed by atoms with Crippen molar-refractivity contribution in [3.63, 3.8) is 0 Å². The summed E-state index contributed by atoms with van der Waals surface area (Å²) in [6.45, 7) is 1.81. The first-order valence-electron chi connectivity index (χ1n) is 11.8. The zero-order chi connectivity index (χ0) is 28.2. The minimum Gasteiger partial charge on any atom is -0.354 e. The van der Waals surface area contributed by atoms with Crippen LogP contribution >= 0.6 is 11.6 Å². The van der Waals surface area contributed by atoms with Gasteiger partial charge in [0.1, 0.15) is 16.9 Å². The van der Waals surface area contributed by atoms with Crippen molar-refractivity contribution in [3.8, 4) is 0 Å². The second-order valence-electron chi connectivity index (χ2n) is 9.86. The van der Waals surface area contributed by atoms with Gasteiger partial charge in [-0.2, -0.15) is 18.2 Å². The third-order valence-electron chi connectivity index (χ3n) is 6.89. The molecule has 2 aliphatic rings. The number of pyridine rings is 1. The quantitative estimate of drug-likeness (QED) is 0.314. The largest absolute Gasteiger partial charge is 0.411 e. The van der Waals surface area contributed by atoms with E-state index in [4.69, 9.17) is 16.7 Å². The molecule has 3 aromatic rings. The molecule has 1 aromatic carbocycles. The number of allylic oxidation sites excluding steroid dienone is 4. The summed E-state index contributed by atoms with van der Waals surface area (Å²) in [5, 5.41) is 10.9. The second-order valence-corrected chi connectivity index (χ2v) is 11.8. The van der Waals surface area contributed by atoms with Gasteiger partial charge in [-0.15, -0.1) is 0 Å². The van der Waals surface area contributed by atoms with Gasteiger partial charge in [0.2, 0.25) is 16.0 Å². The first-order chi connectivity index (χ1) is 18.2. The highest BCUT2D eigenvalue weighted by molar-refractivity contribution is 7.89. The van der Waals surface area contributed by atoms with Gasteiger partial charge in [-0.25, -0.2) is 27.9 Å². The van der Waals surface area contributed by atoms with Gasteiger partial charge in [0.05, 0.1) is 16.1 Å². The molecule has 2 aromatic heterocycles. The molecular formula is C25H23ClF4N6O2S. The van der Waals surface area contributed by atoms with Gasteiger partial charge in [0.25, 0.3) is 0 Å². The number of benzene rings is 1. The number of anilines is 2. The Morgan fingerprint density at radius 3 is 2.49 bits per heavy atom. The molecule has 206 valence electrons. The number of fused-ring (bicyclic) bond motifs is 1. The van der Waals surface area contributed by atoms with Crippen molar-refractivity contribution < 1.29 is 26.0 Å². The minimum atomic E-state index is -4.52. The SMILES string of the molecule is CC1(c2ccc3nc(NCc4cc(S(N)(=O)=O)ccc4Cl)nc(NC4(C(F)(F)F)CC4)c3n2)C=CC(F)=CC1. The highest BCUT2D eigenvalue weighted by Gasteiger charge is 2.64. The standard InChI is InChI=1S/C25H23ClF4N6O2S/c1-23(8-6-15(27)7-9-23)19-5-4-18-20(34-19)21(36-24(10-11-24)25(28,29)30)35-22(33-18)32-13-14-12-16(39(31,37)38)2-3-17(14)26/h2-8,12H,9-11,13H2,1H3,(H2,31,37,38)(H2,32,33,35,36). The van der Waals surface area contributed by atoms with Crippen LogP contribution in [0.15, 0.2) is 59.3 Å². The molecule has 1 fully saturated rings. The average Bonchev–Trinajstić information content (AvgIpc) is 3.65. The lowest BCUT2D eigenvalue weighted by atomic mass is 9.80. The van der Waals surface area contributed by atoms with Crippen LogP contribution in [-0.2, 0) is 22.0 Å². The summed E-state index contributed by atoms with van der Waals surface area (Å²) in [6, 6.07) is 7.23. The van der Waals surface area contributed by atoms with Crippen LogP contribution in [0, 0.1) is 0 Å². The van der Waals surface area contributed by atoms with Crippen LogP contribution in [0.25, 0.3) is 11.0 Å². The maximum absolute atomic E-state index is 13.8. The summed E-state index contributed by atoms with van der Waals surface area (Å²) in [7, 11) is -3.98. The summed E-state index contributed by atoms with van der Waals surface area (Å²) in [6.07, 6.45) is -0.0163. The van der Waals surface area contributed by atoms with Crippen LogP contribution in [0.1, 0.15) is 37.4 Å². The number of rotatable bonds is 7. The van der Waals surface area contributed by atoms with Crippen LogP contribution in [0.5, 0.6) is 0 Å². The number of nitrogens with zero attached hydrogens (tertiary/aromatic N) is 3. The third-order valence-corrected chi connectivity index (χ3v) is 8.17. The lowest BCUT2D eigenvalue weighted by Crippen LogP contribution is -2.39. The predicted octanol–water partition coefficient (Wildman–Crippen LogP) is 5.52. The Kier molecular flexibility index (Phi) is 6.59. The lowest BCUT2D eigenvalue weighted by Gasteiger charge is -2.27. The van der Waals surface area contributed by atoms with Crippen molar-refractivity contribution in [2.45, 2.75) is 54.8 Å². The van der Waals surface area contributed by atoms with E-state index >= 15 is 0 Å². The zero-order valence-corrected chi connectivity index (χ0v) is 22.1. The number of primary sulfonamides is 1. The number of halogens is 5. The molecule has 14 heteroatoms. The normalized spacial score (nSPS) is 20.5. The van der Waals surface area contributed by atoms with Gasteiger partial charge < -0.3 is 10.6 Å². The average molecular weight is 583 g/mol. The maximum Gasteiger partial charge on any atom is 0.411 e. The highest BCUT2D eigenvalue weighted by atomic mass is 35.5. The third kappa shape index (κ3) is 5.43. The van der Waals surface area contributed by atoms with E-state index in [9.17, 15) is 26.0 Å². The number of aromatic nitrogens is 3. The monoisotopic (exact) mass is 582 g/mol. The molecule has 0 radical (unpaired) electrons. The van der Waals surface area contributed by atoms with Gasteiger partial charge in [0, 0.05) is 17.0 Å². The van der Waals surface area contributed by atoms with Crippen molar-refractivity contribution in [2.75, 3.05) is 10.6 Å². The van der Waals surface area contributed by atoms with E-state index in [0.29, 0.717) is 17.7 Å². The number of alkyl halides is 3. The highest BCUT2D eigenvalue weighted by Crippen LogP contribution is 2.51. The number of hydrogen-bond donors (Lipinski definition) is 3. The molecule has 2 aliphatic carbocycles. The van der Waals surface area contributed by atoms with Crippen LogP contribution in [0.3, 0.4) is 0 Å². The summed E-state index contributed by atoms with van der Waals surface area (Å²) in [4.78, 5) is 13.2. The first-order valence-corrected chi connectivity index (χ1v) is 13.8. The fraction of sp³-hybridized carbons (Fsp3) is 0.320. The Bertz CT molecular complexity index is 1640. The van der Waals surface area contributed by atoms with Gasteiger partial charge in [-0.3, -0.25) is 0 Å². The van der Waals surface area contributed by atoms with E-state index in [1.807, 2.05) is 6.92 Å². The molecule has 4 N–H and O–H groups in total. The van der Waals surface area contributed by atoms with Crippen LogP contribution < -0.4 is 15.8 Å². The van der Waals surface area contributed by atoms with Gasteiger partial charge in [-0.1, -0.05) is 24.6 Å². The molecule has 0 spiro atoms. The number of hydrogen-bond acceptors (Lipinski definition) is 7.